The molecule has 30 heavy (non-hydrogen) atoms. The van der Waals surface area contributed by atoms with Gasteiger partial charge in [0.05, 0.1) is 5.69 Å². The number of rotatable bonds is 8. The number of nitrogens with one attached hydrogen (secondary N) is 2. The molecule has 162 valence electrons. The SMILES string of the molecule is CCc1noc(CC)c1CNC(=NC)NCCc1nc(-c2cccc(Cl)c2)no1.I. The Balaban J connectivity index is 0.00000320. The highest BCUT2D eigenvalue weighted by Crippen LogP contribution is 2.20. The van der Waals surface area contributed by atoms with Gasteiger partial charge in [-0.3, -0.25) is 4.99 Å². The molecule has 0 saturated carbocycles. The van der Waals surface area contributed by atoms with E-state index in [0.717, 1.165) is 35.4 Å². The van der Waals surface area contributed by atoms with Crippen molar-refractivity contribution in [2.24, 2.45) is 4.99 Å². The van der Waals surface area contributed by atoms with E-state index in [4.69, 9.17) is 20.6 Å². The molecule has 0 radical (unpaired) electrons. The van der Waals surface area contributed by atoms with Gasteiger partial charge in [0.25, 0.3) is 0 Å². The van der Waals surface area contributed by atoms with Crippen LogP contribution in [0.15, 0.2) is 38.3 Å². The molecule has 0 amide bonds. The summed E-state index contributed by atoms with van der Waals surface area (Å²) in [6.07, 6.45) is 2.21. The van der Waals surface area contributed by atoms with Gasteiger partial charge in [-0.2, -0.15) is 4.98 Å². The molecular formula is C20H26ClIN6O2. The summed E-state index contributed by atoms with van der Waals surface area (Å²) in [6.45, 7) is 5.32. The monoisotopic (exact) mass is 544 g/mol. The van der Waals surface area contributed by atoms with Crippen LogP contribution >= 0.6 is 35.6 Å². The van der Waals surface area contributed by atoms with Gasteiger partial charge >= 0.3 is 0 Å². The highest BCUT2D eigenvalue weighted by atomic mass is 127. The minimum Gasteiger partial charge on any atom is -0.361 e. The first-order valence-corrected chi connectivity index (χ1v) is 10.0. The van der Waals surface area contributed by atoms with E-state index in [0.29, 0.717) is 42.2 Å². The molecule has 0 spiro atoms. The van der Waals surface area contributed by atoms with Crippen LogP contribution in [0.2, 0.25) is 5.02 Å². The van der Waals surface area contributed by atoms with Crippen molar-refractivity contribution >= 4 is 41.5 Å². The van der Waals surface area contributed by atoms with Crippen molar-refractivity contribution in [3.63, 3.8) is 0 Å². The normalized spacial score (nSPS) is 11.3. The summed E-state index contributed by atoms with van der Waals surface area (Å²) >= 11 is 6.01. The molecule has 2 N–H and O–H groups in total. The van der Waals surface area contributed by atoms with Gasteiger partial charge < -0.3 is 19.7 Å². The quantitative estimate of drug-likeness (QED) is 0.251. The van der Waals surface area contributed by atoms with Crippen LogP contribution in [0.5, 0.6) is 0 Å². The van der Waals surface area contributed by atoms with E-state index >= 15 is 0 Å². The molecule has 0 saturated heterocycles. The first kappa shape index (κ1) is 24.1. The van der Waals surface area contributed by atoms with Gasteiger partial charge in [0.1, 0.15) is 5.76 Å². The smallest absolute Gasteiger partial charge is 0.228 e. The van der Waals surface area contributed by atoms with Crippen LogP contribution in [0.25, 0.3) is 11.4 Å². The topological polar surface area (TPSA) is 101 Å². The number of benzene rings is 1. The number of aliphatic imine (C=N–C) groups is 1. The van der Waals surface area contributed by atoms with Gasteiger partial charge in [-0.25, -0.2) is 0 Å². The lowest BCUT2D eigenvalue weighted by Crippen LogP contribution is -2.38. The molecule has 0 aliphatic heterocycles. The predicted molar refractivity (Wildman–Crippen MR) is 127 cm³/mol. The van der Waals surface area contributed by atoms with E-state index in [1.165, 1.54) is 0 Å². The number of aryl methyl sites for hydroxylation is 2. The average molecular weight is 545 g/mol. The molecule has 8 nitrogen and oxygen atoms in total. The van der Waals surface area contributed by atoms with Crippen LogP contribution < -0.4 is 10.6 Å². The average Bonchev–Trinajstić information content (AvgIpc) is 3.37. The van der Waals surface area contributed by atoms with Crippen LogP contribution in [-0.4, -0.2) is 34.8 Å². The summed E-state index contributed by atoms with van der Waals surface area (Å²) < 4.78 is 10.7. The maximum absolute atomic E-state index is 6.01. The zero-order chi connectivity index (χ0) is 20.6. The number of hydrogen-bond donors (Lipinski definition) is 2. The van der Waals surface area contributed by atoms with E-state index in [2.05, 4.69) is 44.8 Å². The summed E-state index contributed by atoms with van der Waals surface area (Å²) in [7, 11) is 1.73. The third-order valence-electron chi connectivity index (χ3n) is 4.45. The highest BCUT2D eigenvalue weighted by molar-refractivity contribution is 14.0. The van der Waals surface area contributed by atoms with Crippen molar-refractivity contribution in [1.29, 1.82) is 0 Å². The Kier molecular flexibility index (Phi) is 9.57. The summed E-state index contributed by atoms with van der Waals surface area (Å²) in [6, 6.07) is 7.36. The molecule has 0 bridgehead atoms. The first-order chi connectivity index (χ1) is 14.1. The number of nitrogens with zero attached hydrogens (tertiary/aromatic N) is 4. The zero-order valence-corrected chi connectivity index (χ0v) is 20.3. The van der Waals surface area contributed by atoms with Gasteiger partial charge in [0.15, 0.2) is 5.96 Å². The van der Waals surface area contributed by atoms with Gasteiger partial charge in [-0.1, -0.05) is 47.9 Å². The molecule has 10 heteroatoms. The van der Waals surface area contributed by atoms with Crippen molar-refractivity contribution < 1.29 is 9.05 Å². The second kappa shape index (κ2) is 11.9. The fraction of sp³-hybridized carbons (Fsp3) is 0.400. The van der Waals surface area contributed by atoms with Crippen molar-refractivity contribution in [3.8, 4) is 11.4 Å². The number of halogens is 2. The largest absolute Gasteiger partial charge is 0.361 e. The molecule has 0 aliphatic rings. The van der Waals surface area contributed by atoms with E-state index in [-0.39, 0.29) is 24.0 Å². The molecule has 0 fully saturated rings. The van der Waals surface area contributed by atoms with Crippen LogP contribution in [0.4, 0.5) is 0 Å². The highest BCUT2D eigenvalue weighted by Gasteiger charge is 2.14. The molecule has 2 heterocycles. The molecule has 3 rings (SSSR count). The van der Waals surface area contributed by atoms with E-state index < -0.39 is 0 Å². The Morgan fingerprint density at radius 1 is 1.13 bits per heavy atom. The summed E-state index contributed by atoms with van der Waals surface area (Å²) in [4.78, 5) is 8.67. The van der Waals surface area contributed by atoms with Crippen LogP contribution in [-0.2, 0) is 25.8 Å². The lowest BCUT2D eigenvalue weighted by atomic mass is 10.1. The van der Waals surface area contributed by atoms with Crippen LogP contribution in [0.3, 0.4) is 0 Å². The fourth-order valence-corrected chi connectivity index (χ4v) is 3.11. The molecule has 0 atom stereocenters. The van der Waals surface area contributed by atoms with Gasteiger partial charge in [-0.15, -0.1) is 24.0 Å². The molecule has 3 aromatic rings. The number of guanidine groups is 1. The van der Waals surface area contributed by atoms with Gasteiger partial charge in [-0.05, 0) is 18.6 Å². The van der Waals surface area contributed by atoms with Crippen molar-refractivity contribution in [2.45, 2.75) is 39.7 Å². The van der Waals surface area contributed by atoms with E-state index in [9.17, 15) is 0 Å². The number of hydrogen-bond acceptors (Lipinski definition) is 6. The Morgan fingerprint density at radius 2 is 1.97 bits per heavy atom. The van der Waals surface area contributed by atoms with Gasteiger partial charge in [0.2, 0.25) is 11.7 Å². The minimum atomic E-state index is 0. The summed E-state index contributed by atoms with van der Waals surface area (Å²) in [5, 5.41) is 15.3. The second-order valence-corrected chi connectivity index (χ2v) is 6.80. The minimum absolute atomic E-state index is 0. The molecule has 0 unspecified atom stereocenters. The molecule has 1 aromatic carbocycles. The van der Waals surface area contributed by atoms with Crippen LogP contribution in [0, 0.1) is 0 Å². The molecular weight excluding hydrogens is 519 g/mol. The third kappa shape index (κ3) is 6.18. The lowest BCUT2D eigenvalue weighted by Gasteiger charge is -2.11. The van der Waals surface area contributed by atoms with Crippen LogP contribution in [0.1, 0.15) is 36.8 Å². The van der Waals surface area contributed by atoms with E-state index in [1.807, 2.05) is 12.1 Å². The maximum Gasteiger partial charge on any atom is 0.228 e. The number of aromatic nitrogens is 3. The standard InChI is InChI=1S/C20H25ClN6O2.HI/c1-4-16-15(17(5-2)28-26-16)12-24-20(22-3)23-10-9-18-25-19(27-29-18)13-7-6-8-14(21)11-13;/h6-8,11H,4-5,9-10,12H2,1-3H3,(H2,22,23,24);1H. The summed E-state index contributed by atoms with van der Waals surface area (Å²) in [5.41, 5.74) is 2.90. The zero-order valence-electron chi connectivity index (χ0n) is 17.2. The third-order valence-corrected chi connectivity index (χ3v) is 4.68. The van der Waals surface area contributed by atoms with Crippen molar-refractivity contribution in [3.05, 3.63) is 52.2 Å². The Bertz CT molecular complexity index is 950. The first-order valence-electron chi connectivity index (χ1n) is 9.63. The van der Waals surface area contributed by atoms with Gasteiger partial charge in [0, 0.05) is 49.1 Å². The van der Waals surface area contributed by atoms with E-state index in [1.54, 1.807) is 19.2 Å². The fourth-order valence-electron chi connectivity index (χ4n) is 2.92. The summed E-state index contributed by atoms with van der Waals surface area (Å²) in [5.74, 6) is 2.66. The maximum atomic E-state index is 6.01. The Labute approximate surface area is 197 Å². The lowest BCUT2D eigenvalue weighted by molar-refractivity contribution is 0.378. The Morgan fingerprint density at radius 3 is 2.67 bits per heavy atom. The molecule has 0 aliphatic carbocycles. The second-order valence-electron chi connectivity index (χ2n) is 6.36. The van der Waals surface area contributed by atoms with Crippen molar-refractivity contribution in [1.82, 2.24) is 25.9 Å². The molecule has 2 aromatic heterocycles. The Hall–Kier alpha value is -2.14. The predicted octanol–water partition coefficient (Wildman–Crippen LogP) is 4.03. The van der Waals surface area contributed by atoms with Crippen molar-refractivity contribution in [2.75, 3.05) is 13.6 Å².